The van der Waals surface area contributed by atoms with Crippen LogP contribution in [0.15, 0.2) is 188 Å². The Kier molecular flexibility index (Phi) is 5.96. The van der Waals surface area contributed by atoms with Gasteiger partial charge in [0, 0.05) is 54.3 Å². The summed E-state index contributed by atoms with van der Waals surface area (Å²) in [5.41, 5.74) is 12.8. The average molecular weight is 750 g/mol. The number of fused-ring (bicyclic) bond motifs is 12. The Morgan fingerprint density at radius 1 is 0.356 bits per heavy atom. The Morgan fingerprint density at radius 2 is 0.983 bits per heavy atom. The van der Waals surface area contributed by atoms with Crippen molar-refractivity contribution in [3.63, 3.8) is 0 Å². The topological polar surface area (TPSA) is 40.1 Å². The molecule has 0 bridgehead atoms. The van der Waals surface area contributed by atoms with Gasteiger partial charge in [0.05, 0.1) is 49.7 Å². The van der Waals surface area contributed by atoms with Crippen LogP contribution in [0.2, 0.25) is 0 Å². The van der Waals surface area contributed by atoms with Crippen LogP contribution < -0.4 is 0 Å². The Morgan fingerprint density at radius 3 is 1.83 bits per heavy atom. The minimum atomic E-state index is 0.806. The molecule has 0 unspecified atom stereocenters. The van der Waals surface area contributed by atoms with Crippen molar-refractivity contribution < 1.29 is 0 Å². The van der Waals surface area contributed by atoms with Crippen molar-refractivity contribution >= 4 is 104 Å². The molecule has 14 aromatic rings. The van der Waals surface area contributed by atoms with Gasteiger partial charge in [-0.2, -0.15) is 0 Å². The maximum atomic E-state index is 5.66. The molecule has 5 aromatic heterocycles. The largest absolute Gasteiger partial charge is 0.309 e. The average Bonchev–Trinajstić information content (AvgIpc) is 3.91. The Bertz CT molecular complexity index is 4060. The van der Waals surface area contributed by atoms with Crippen molar-refractivity contribution in [1.82, 2.24) is 23.5 Å². The van der Waals surface area contributed by atoms with Gasteiger partial charge in [-0.3, -0.25) is 4.57 Å². The predicted octanol–water partition coefficient (Wildman–Crippen LogP) is 13.8. The molecule has 9 aromatic carbocycles. The minimum Gasteiger partial charge on any atom is -0.309 e. The summed E-state index contributed by atoms with van der Waals surface area (Å²) in [5.74, 6) is 0.806. The summed E-state index contributed by atoms with van der Waals surface area (Å²) in [6, 6.07) is 68.0. The molecule has 59 heavy (non-hydrogen) atoms. The van der Waals surface area contributed by atoms with E-state index in [0.29, 0.717) is 0 Å². The van der Waals surface area contributed by atoms with Crippen molar-refractivity contribution in [1.29, 1.82) is 0 Å². The van der Waals surface area contributed by atoms with Gasteiger partial charge in [0.15, 0.2) is 5.82 Å². The molecule has 0 aliphatic rings. The molecular formula is C54H31N5. The monoisotopic (exact) mass is 749 g/mol. The lowest BCUT2D eigenvalue weighted by molar-refractivity contribution is 1.08. The molecule has 0 fully saturated rings. The Labute approximate surface area is 336 Å². The third-order valence-electron chi connectivity index (χ3n) is 12.7. The fraction of sp³-hybridized carbons (Fsp3) is 0. The summed E-state index contributed by atoms with van der Waals surface area (Å²) >= 11 is 0. The fourth-order valence-electron chi connectivity index (χ4n) is 10.4. The van der Waals surface area contributed by atoms with Crippen LogP contribution in [0.5, 0.6) is 0 Å². The molecule has 14 rings (SSSR count). The summed E-state index contributed by atoms with van der Waals surface area (Å²) in [6.45, 7) is 0. The van der Waals surface area contributed by atoms with Crippen molar-refractivity contribution in [2.75, 3.05) is 0 Å². The molecular weight excluding hydrogens is 719 g/mol. The van der Waals surface area contributed by atoms with Gasteiger partial charge < -0.3 is 8.97 Å². The number of hydrogen-bond donors (Lipinski definition) is 0. The second kappa shape index (κ2) is 11.3. The number of hydrogen-bond acceptors (Lipinski definition) is 2. The highest BCUT2D eigenvalue weighted by Gasteiger charge is 2.28. The van der Waals surface area contributed by atoms with Gasteiger partial charge in [-0.15, -0.1) is 0 Å². The standard InChI is InChI=1S/C54H31N5/c1-3-16-33(17-4-1)50-54(55-41-30-29-32-15-7-8-20-35(32)51(41)56-50)58-44-28-14-23-37-39-25-13-24-38-36-21-9-11-26-42(36)59(52(38)39)53-48-40-22-10-12-27-43(40)57(34-18-5-2-6-19-34)45(48)31-46(58)49(53)47(37)44/h1-31H. The maximum absolute atomic E-state index is 5.66. The predicted molar refractivity (Wildman–Crippen MR) is 246 cm³/mol. The van der Waals surface area contributed by atoms with E-state index in [2.05, 4.69) is 202 Å². The van der Waals surface area contributed by atoms with Gasteiger partial charge in [0.25, 0.3) is 0 Å². The van der Waals surface area contributed by atoms with Crippen molar-refractivity contribution in [3.05, 3.63) is 188 Å². The SMILES string of the molecule is c1ccc(-c2nc3c(ccc4ccccc43)nc2-n2c3cccc4c5cccc6c7ccccc7n(c56)c5c6c7ccccc7n(-c7ccccc7)c6cc2c5c43)cc1. The lowest BCUT2D eigenvalue weighted by Crippen LogP contribution is -2.04. The number of benzene rings is 9. The van der Waals surface area contributed by atoms with Crippen LogP contribution in [0.1, 0.15) is 0 Å². The van der Waals surface area contributed by atoms with Gasteiger partial charge in [-0.1, -0.05) is 146 Å². The first-order chi connectivity index (χ1) is 29.3. The quantitative estimate of drug-likeness (QED) is 0.169. The normalized spacial score (nSPS) is 12.4. The third kappa shape index (κ3) is 3.98. The molecule has 0 spiro atoms. The van der Waals surface area contributed by atoms with E-state index >= 15 is 0 Å². The first-order valence-electron chi connectivity index (χ1n) is 20.2. The zero-order valence-corrected chi connectivity index (χ0v) is 31.6. The molecule has 0 radical (unpaired) electrons. The van der Waals surface area contributed by atoms with Gasteiger partial charge in [0.1, 0.15) is 5.69 Å². The van der Waals surface area contributed by atoms with Crippen molar-refractivity contribution in [3.8, 4) is 22.8 Å². The van der Waals surface area contributed by atoms with E-state index in [1.165, 1.54) is 65.2 Å². The van der Waals surface area contributed by atoms with Crippen LogP contribution in [-0.2, 0) is 0 Å². The summed E-state index contributed by atoms with van der Waals surface area (Å²) in [5, 5.41) is 12.0. The molecule has 0 aliphatic carbocycles. The Hall–Kier alpha value is -8.02. The molecule has 0 N–H and O–H groups in total. The van der Waals surface area contributed by atoms with Gasteiger partial charge >= 0.3 is 0 Å². The highest BCUT2D eigenvalue weighted by Crippen LogP contribution is 2.49. The molecule has 5 nitrogen and oxygen atoms in total. The zero-order valence-electron chi connectivity index (χ0n) is 31.6. The van der Waals surface area contributed by atoms with Crippen molar-refractivity contribution in [2.45, 2.75) is 0 Å². The molecule has 0 aliphatic heterocycles. The number of aromatic nitrogens is 5. The van der Waals surface area contributed by atoms with Gasteiger partial charge in [0.2, 0.25) is 0 Å². The maximum Gasteiger partial charge on any atom is 0.165 e. The number of rotatable bonds is 3. The highest BCUT2D eigenvalue weighted by molar-refractivity contribution is 6.37. The fourth-order valence-corrected chi connectivity index (χ4v) is 10.4. The first-order valence-corrected chi connectivity index (χ1v) is 20.2. The molecule has 5 heterocycles. The summed E-state index contributed by atoms with van der Waals surface area (Å²) in [7, 11) is 0. The second-order valence-electron chi connectivity index (χ2n) is 15.7. The molecule has 0 saturated heterocycles. The lowest BCUT2D eigenvalue weighted by atomic mass is 10.0. The van der Waals surface area contributed by atoms with E-state index in [1.807, 2.05) is 0 Å². The summed E-state index contributed by atoms with van der Waals surface area (Å²) in [6.07, 6.45) is 0. The Balaban J connectivity index is 1.30. The van der Waals surface area contributed by atoms with Crippen LogP contribution in [0.25, 0.3) is 126 Å². The number of nitrogens with zero attached hydrogens (tertiary/aromatic N) is 5. The van der Waals surface area contributed by atoms with Crippen LogP contribution in [0.3, 0.4) is 0 Å². The zero-order chi connectivity index (χ0) is 38.3. The van der Waals surface area contributed by atoms with E-state index in [9.17, 15) is 0 Å². The molecule has 5 heteroatoms. The van der Waals surface area contributed by atoms with Crippen LogP contribution in [0, 0.1) is 0 Å². The lowest BCUT2D eigenvalue weighted by Gasteiger charge is -2.15. The van der Waals surface area contributed by atoms with Crippen LogP contribution in [0.4, 0.5) is 0 Å². The van der Waals surface area contributed by atoms with Crippen LogP contribution >= 0.6 is 0 Å². The summed E-state index contributed by atoms with van der Waals surface area (Å²) < 4.78 is 7.43. The highest BCUT2D eigenvalue weighted by atomic mass is 15.1. The summed E-state index contributed by atoms with van der Waals surface area (Å²) in [4.78, 5) is 11.3. The third-order valence-corrected chi connectivity index (χ3v) is 12.7. The van der Waals surface area contributed by atoms with E-state index in [-0.39, 0.29) is 0 Å². The van der Waals surface area contributed by atoms with Gasteiger partial charge in [-0.05, 0) is 53.2 Å². The smallest absolute Gasteiger partial charge is 0.165 e. The molecule has 0 amide bonds. The molecule has 0 saturated carbocycles. The van der Waals surface area contributed by atoms with E-state index < -0.39 is 0 Å². The van der Waals surface area contributed by atoms with Gasteiger partial charge in [-0.25, -0.2) is 9.97 Å². The molecule has 0 atom stereocenters. The minimum absolute atomic E-state index is 0.806. The second-order valence-corrected chi connectivity index (χ2v) is 15.7. The first kappa shape index (κ1) is 31.1. The van der Waals surface area contributed by atoms with Crippen LogP contribution in [-0.4, -0.2) is 23.5 Å². The number of para-hydroxylation sites is 4. The van der Waals surface area contributed by atoms with E-state index in [4.69, 9.17) is 9.97 Å². The van der Waals surface area contributed by atoms with Crippen molar-refractivity contribution in [2.24, 2.45) is 0 Å². The molecule has 272 valence electrons. The van der Waals surface area contributed by atoms with E-state index in [1.54, 1.807) is 0 Å². The van der Waals surface area contributed by atoms with E-state index in [0.717, 1.165) is 61.1 Å².